The van der Waals surface area contributed by atoms with Gasteiger partial charge in [0.15, 0.2) is 15.6 Å². The van der Waals surface area contributed by atoms with Gasteiger partial charge < -0.3 is 0 Å². The summed E-state index contributed by atoms with van der Waals surface area (Å²) in [6.45, 7) is 1.99. The van der Waals surface area contributed by atoms with Gasteiger partial charge in [-0.05, 0) is 30.9 Å². The summed E-state index contributed by atoms with van der Waals surface area (Å²) in [5.74, 6) is 0.178. The quantitative estimate of drug-likeness (QED) is 0.811. The fourth-order valence-electron chi connectivity index (χ4n) is 2.28. The molecule has 4 heteroatoms. The molecule has 0 spiro atoms. The van der Waals surface area contributed by atoms with Gasteiger partial charge in [-0.1, -0.05) is 25.1 Å². The van der Waals surface area contributed by atoms with Crippen molar-refractivity contribution in [2.45, 2.75) is 36.3 Å². The third-order valence-corrected chi connectivity index (χ3v) is 5.45. The molecule has 1 aromatic carbocycles. The number of hydrogen-bond acceptors (Lipinski definition) is 3. The average Bonchev–Trinajstić information content (AvgIpc) is 2.29. The molecule has 0 saturated heterocycles. The van der Waals surface area contributed by atoms with Crippen molar-refractivity contribution in [1.82, 2.24) is 0 Å². The van der Waals surface area contributed by atoms with E-state index in [1.165, 1.54) is 0 Å². The van der Waals surface area contributed by atoms with Gasteiger partial charge in [-0.15, -0.1) is 0 Å². The van der Waals surface area contributed by atoms with Crippen molar-refractivity contribution in [2.24, 2.45) is 5.92 Å². The van der Waals surface area contributed by atoms with Crippen LogP contribution in [-0.2, 0) is 14.6 Å². The molecule has 2 rings (SSSR count). The molecule has 1 saturated carbocycles. The lowest BCUT2D eigenvalue weighted by molar-refractivity contribution is -0.120. The molecule has 2 unspecified atom stereocenters. The van der Waals surface area contributed by atoms with Crippen molar-refractivity contribution < 1.29 is 13.2 Å². The second-order valence-corrected chi connectivity index (χ2v) is 6.83. The maximum atomic E-state index is 12.3. The van der Waals surface area contributed by atoms with E-state index >= 15 is 0 Å². The molecule has 1 aliphatic rings. The maximum absolute atomic E-state index is 12.3. The predicted octanol–water partition coefficient (Wildman–Crippen LogP) is 2.22. The number of benzene rings is 1. The third kappa shape index (κ3) is 2.41. The van der Waals surface area contributed by atoms with Crippen molar-refractivity contribution in [1.29, 1.82) is 0 Å². The normalized spacial score (nSPS) is 25.8. The second kappa shape index (κ2) is 4.61. The van der Waals surface area contributed by atoms with Crippen molar-refractivity contribution in [2.75, 3.05) is 0 Å². The summed E-state index contributed by atoms with van der Waals surface area (Å²) in [5, 5.41) is -0.832. The number of Topliss-reactive ketones (excluding diaryl/α,β-unsaturated/α-hetero) is 1. The Bertz CT molecular complexity index is 505. The molecule has 0 amide bonds. The largest absolute Gasteiger partial charge is 0.298 e. The van der Waals surface area contributed by atoms with Gasteiger partial charge >= 0.3 is 0 Å². The van der Waals surface area contributed by atoms with Crippen molar-refractivity contribution in [3.8, 4) is 0 Å². The lowest BCUT2D eigenvalue weighted by Gasteiger charge is -2.24. The van der Waals surface area contributed by atoms with Crippen LogP contribution in [0.3, 0.4) is 0 Å². The van der Waals surface area contributed by atoms with Gasteiger partial charge in [-0.2, -0.15) is 0 Å². The zero-order valence-corrected chi connectivity index (χ0v) is 10.6. The highest BCUT2D eigenvalue weighted by atomic mass is 32.2. The Balaban J connectivity index is 2.31. The highest BCUT2D eigenvalue weighted by Gasteiger charge is 2.37. The number of rotatable bonds is 2. The number of sulfone groups is 1. The van der Waals surface area contributed by atoms with E-state index in [1.807, 2.05) is 6.92 Å². The van der Waals surface area contributed by atoms with E-state index in [1.54, 1.807) is 30.3 Å². The van der Waals surface area contributed by atoms with Gasteiger partial charge in [0.25, 0.3) is 0 Å². The molecular weight excluding hydrogens is 236 g/mol. The van der Waals surface area contributed by atoms with E-state index in [9.17, 15) is 13.2 Å². The third-order valence-electron chi connectivity index (χ3n) is 3.28. The lowest BCUT2D eigenvalue weighted by atomic mass is 9.89. The van der Waals surface area contributed by atoms with Crippen LogP contribution in [0.1, 0.15) is 26.2 Å². The van der Waals surface area contributed by atoms with Crippen LogP contribution in [0.15, 0.2) is 35.2 Å². The van der Waals surface area contributed by atoms with Crippen LogP contribution < -0.4 is 0 Å². The first-order valence-corrected chi connectivity index (χ1v) is 7.38. The van der Waals surface area contributed by atoms with Gasteiger partial charge in [0.05, 0.1) is 4.90 Å². The zero-order chi connectivity index (χ0) is 12.5. The minimum atomic E-state index is -3.48. The molecule has 1 aliphatic carbocycles. The molecule has 3 nitrogen and oxygen atoms in total. The molecule has 92 valence electrons. The molecule has 0 aromatic heterocycles. The average molecular weight is 252 g/mol. The number of carbonyl (C=O) groups is 1. The summed E-state index contributed by atoms with van der Waals surface area (Å²) in [7, 11) is -3.48. The van der Waals surface area contributed by atoms with Crippen molar-refractivity contribution in [3.63, 3.8) is 0 Å². The first kappa shape index (κ1) is 12.3. The van der Waals surface area contributed by atoms with Crippen LogP contribution in [0.25, 0.3) is 0 Å². The first-order valence-electron chi connectivity index (χ1n) is 5.83. The molecule has 1 fully saturated rings. The van der Waals surface area contributed by atoms with Gasteiger partial charge in [-0.3, -0.25) is 4.79 Å². The summed E-state index contributed by atoms with van der Waals surface area (Å²) in [4.78, 5) is 12.1. The van der Waals surface area contributed by atoms with E-state index in [4.69, 9.17) is 0 Å². The Morgan fingerprint density at radius 3 is 2.35 bits per heavy atom. The van der Waals surface area contributed by atoms with Crippen molar-refractivity contribution >= 4 is 15.6 Å². The number of carbonyl (C=O) groups excluding carboxylic acids is 1. The van der Waals surface area contributed by atoms with Gasteiger partial charge in [-0.25, -0.2) is 8.42 Å². The van der Waals surface area contributed by atoms with Crippen LogP contribution in [0.4, 0.5) is 0 Å². The summed E-state index contributed by atoms with van der Waals surface area (Å²) in [6, 6.07) is 8.25. The van der Waals surface area contributed by atoms with Crippen LogP contribution in [0.5, 0.6) is 0 Å². The van der Waals surface area contributed by atoms with E-state index in [0.29, 0.717) is 18.8 Å². The molecule has 0 bridgehead atoms. The van der Waals surface area contributed by atoms with E-state index in [0.717, 1.165) is 6.42 Å². The monoisotopic (exact) mass is 252 g/mol. The minimum Gasteiger partial charge on any atom is -0.298 e. The highest BCUT2D eigenvalue weighted by Crippen LogP contribution is 2.29. The Labute approximate surface area is 102 Å². The topological polar surface area (TPSA) is 51.2 Å². The molecule has 0 radical (unpaired) electrons. The summed E-state index contributed by atoms with van der Waals surface area (Å²) < 4.78 is 24.6. The standard InChI is InChI=1S/C13H16O3S/c1-10-7-8-13(12(14)9-10)17(15,16)11-5-3-2-4-6-11/h2-6,10,13H,7-9H2,1H3. The van der Waals surface area contributed by atoms with Crippen LogP contribution >= 0.6 is 0 Å². The summed E-state index contributed by atoms with van der Waals surface area (Å²) in [5.41, 5.74) is 0. The summed E-state index contributed by atoms with van der Waals surface area (Å²) >= 11 is 0. The molecule has 0 heterocycles. The minimum absolute atomic E-state index is 0.132. The van der Waals surface area contributed by atoms with Gasteiger partial charge in [0.2, 0.25) is 0 Å². The van der Waals surface area contributed by atoms with Crippen LogP contribution in [-0.4, -0.2) is 19.5 Å². The SMILES string of the molecule is CC1CCC(S(=O)(=O)c2ccccc2)C(=O)C1. The zero-order valence-electron chi connectivity index (χ0n) is 9.80. The van der Waals surface area contributed by atoms with E-state index < -0.39 is 15.1 Å². The van der Waals surface area contributed by atoms with Gasteiger partial charge in [0, 0.05) is 6.42 Å². The molecule has 1 aromatic rings. The highest BCUT2D eigenvalue weighted by molar-refractivity contribution is 7.92. The fourth-order valence-corrected chi connectivity index (χ4v) is 4.03. The van der Waals surface area contributed by atoms with Crippen LogP contribution in [0.2, 0.25) is 0 Å². The Kier molecular flexibility index (Phi) is 3.33. The molecule has 17 heavy (non-hydrogen) atoms. The van der Waals surface area contributed by atoms with Crippen molar-refractivity contribution in [3.05, 3.63) is 30.3 Å². The molecule has 0 N–H and O–H groups in total. The predicted molar refractivity (Wildman–Crippen MR) is 65.4 cm³/mol. The molecule has 0 aliphatic heterocycles. The van der Waals surface area contributed by atoms with Gasteiger partial charge in [0.1, 0.15) is 5.25 Å². The Morgan fingerprint density at radius 2 is 1.76 bits per heavy atom. The maximum Gasteiger partial charge on any atom is 0.188 e. The first-order chi connectivity index (χ1) is 8.01. The second-order valence-electron chi connectivity index (χ2n) is 4.70. The Hall–Kier alpha value is -1.16. The van der Waals surface area contributed by atoms with Crippen LogP contribution in [0, 0.1) is 5.92 Å². The number of hydrogen-bond donors (Lipinski definition) is 0. The number of ketones is 1. The van der Waals surface area contributed by atoms with E-state index in [-0.39, 0.29) is 10.7 Å². The molecular formula is C13H16O3S. The smallest absolute Gasteiger partial charge is 0.188 e. The Morgan fingerprint density at radius 1 is 1.12 bits per heavy atom. The molecule has 2 atom stereocenters. The fraction of sp³-hybridized carbons (Fsp3) is 0.462. The lowest BCUT2D eigenvalue weighted by Crippen LogP contribution is -2.35. The van der Waals surface area contributed by atoms with E-state index in [2.05, 4.69) is 0 Å². The summed E-state index contributed by atoms with van der Waals surface area (Å²) in [6.07, 6.45) is 1.65.